The molecule has 0 fully saturated rings. The standard InChI is InChI=1S/C21H17Cl2N3OS/c1-12-6-8-17(13(2)10-12)28-18-9-7-16-20(21(27)24-11-26(16)25-18)19-14(22)4-3-5-15(19)23/h3-10H,11H2,1-2H3,(H,24,27). The molecule has 0 spiro atoms. The molecule has 0 saturated carbocycles. The van der Waals surface area contributed by atoms with Gasteiger partial charge in [0.15, 0.2) is 0 Å². The van der Waals surface area contributed by atoms with Crippen molar-refractivity contribution >= 4 is 51.5 Å². The Morgan fingerprint density at radius 2 is 1.86 bits per heavy atom. The molecule has 28 heavy (non-hydrogen) atoms. The third-order valence-electron chi connectivity index (χ3n) is 4.51. The number of aryl methyl sites for hydroxylation is 2. The molecule has 2 aliphatic heterocycles. The Labute approximate surface area is 177 Å². The summed E-state index contributed by atoms with van der Waals surface area (Å²) >= 11 is 14.3. The van der Waals surface area contributed by atoms with Gasteiger partial charge in [-0.25, -0.2) is 5.01 Å². The van der Waals surface area contributed by atoms with E-state index in [2.05, 4.69) is 37.4 Å². The molecule has 4 rings (SSSR count). The minimum atomic E-state index is -0.216. The van der Waals surface area contributed by atoms with Crippen molar-refractivity contribution in [2.24, 2.45) is 5.10 Å². The van der Waals surface area contributed by atoms with E-state index in [1.54, 1.807) is 35.0 Å². The van der Waals surface area contributed by atoms with Crippen LogP contribution in [-0.4, -0.2) is 22.6 Å². The average Bonchev–Trinajstić information content (AvgIpc) is 2.65. The highest BCUT2D eigenvalue weighted by Gasteiger charge is 2.30. The summed E-state index contributed by atoms with van der Waals surface area (Å²) in [6, 6.07) is 11.5. The highest BCUT2D eigenvalue weighted by Crippen LogP contribution is 2.37. The van der Waals surface area contributed by atoms with Gasteiger partial charge in [0.1, 0.15) is 11.7 Å². The fourth-order valence-corrected chi connectivity index (χ4v) is 4.63. The Kier molecular flexibility index (Phi) is 5.23. The quantitative estimate of drug-likeness (QED) is 0.695. The van der Waals surface area contributed by atoms with Crippen molar-refractivity contribution in [3.63, 3.8) is 0 Å². The molecular weight excluding hydrogens is 413 g/mol. The summed E-state index contributed by atoms with van der Waals surface area (Å²) in [5, 5.41) is 11.0. The number of thioether (sulfide) groups is 1. The molecule has 2 aromatic carbocycles. The number of benzene rings is 2. The third-order valence-corrected chi connectivity index (χ3v) is 6.25. The summed E-state index contributed by atoms with van der Waals surface area (Å²) in [6.45, 7) is 4.46. The van der Waals surface area contributed by atoms with Crippen LogP contribution < -0.4 is 5.32 Å². The fraction of sp³-hybridized carbons (Fsp3) is 0.143. The smallest absolute Gasteiger partial charge is 0.255 e. The lowest BCUT2D eigenvalue weighted by Gasteiger charge is -2.31. The molecule has 7 heteroatoms. The number of carbonyl (C=O) groups excluding carboxylic acids is 1. The van der Waals surface area contributed by atoms with E-state index in [1.807, 2.05) is 12.2 Å². The van der Waals surface area contributed by atoms with Crippen molar-refractivity contribution in [3.8, 4) is 0 Å². The number of halogens is 2. The largest absolute Gasteiger partial charge is 0.333 e. The molecule has 0 aliphatic carbocycles. The highest BCUT2D eigenvalue weighted by molar-refractivity contribution is 8.14. The maximum Gasteiger partial charge on any atom is 0.255 e. The van der Waals surface area contributed by atoms with Gasteiger partial charge in [-0.3, -0.25) is 4.79 Å². The van der Waals surface area contributed by atoms with Crippen LogP contribution in [0.1, 0.15) is 16.7 Å². The summed E-state index contributed by atoms with van der Waals surface area (Å²) in [5.74, 6) is -0.216. The number of nitrogens with one attached hydrogen (secondary N) is 1. The zero-order valence-corrected chi connectivity index (χ0v) is 17.6. The highest BCUT2D eigenvalue weighted by atomic mass is 35.5. The molecule has 0 bridgehead atoms. The van der Waals surface area contributed by atoms with Gasteiger partial charge in [0.05, 0.1) is 21.3 Å². The first-order valence-corrected chi connectivity index (χ1v) is 10.3. The van der Waals surface area contributed by atoms with Crippen LogP contribution in [0.4, 0.5) is 0 Å². The van der Waals surface area contributed by atoms with Crippen molar-refractivity contribution in [1.82, 2.24) is 10.3 Å². The molecule has 0 unspecified atom stereocenters. The van der Waals surface area contributed by atoms with Crippen LogP contribution in [0.2, 0.25) is 10.0 Å². The van der Waals surface area contributed by atoms with Crippen molar-refractivity contribution in [1.29, 1.82) is 0 Å². The fourth-order valence-electron chi connectivity index (χ4n) is 3.19. The molecule has 1 N–H and O–H groups in total. The molecule has 0 radical (unpaired) electrons. The van der Waals surface area contributed by atoms with Crippen molar-refractivity contribution in [3.05, 3.63) is 81.0 Å². The molecule has 1 amide bonds. The van der Waals surface area contributed by atoms with Crippen LogP contribution in [0.3, 0.4) is 0 Å². The number of nitrogens with zero attached hydrogens (tertiary/aromatic N) is 2. The number of fused-ring (bicyclic) bond motifs is 1. The van der Waals surface area contributed by atoms with Gasteiger partial charge in [0, 0.05) is 10.5 Å². The van der Waals surface area contributed by atoms with Gasteiger partial charge in [0.25, 0.3) is 5.91 Å². The van der Waals surface area contributed by atoms with Gasteiger partial charge in [0.2, 0.25) is 0 Å². The summed E-state index contributed by atoms with van der Waals surface area (Å²) in [6.07, 6.45) is 3.81. The van der Waals surface area contributed by atoms with Crippen molar-refractivity contribution in [2.45, 2.75) is 18.7 Å². The Morgan fingerprint density at radius 1 is 1.11 bits per heavy atom. The normalized spacial score (nSPS) is 16.1. The minimum absolute atomic E-state index is 0.216. The number of hydrazone groups is 1. The summed E-state index contributed by atoms with van der Waals surface area (Å²) in [4.78, 5) is 13.8. The first-order valence-electron chi connectivity index (χ1n) is 8.70. The van der Waals surface area contributed by atoms with Gasteiger partial charge in [-0.2, -0.15) is 5.10 Å². The van der Waals surface area contributed by atoms with Crippen LogP contribution in [0.5, 0.6) is 0 Å². The number of amides is 1. The Hall–Kier alpha value is -2.21. The summed E-state index contributed by atoms with van der Waals surface area (Å²) in [7, 11) is 0. The van der Waals surface area contributed by atoms with E-state index >= 15 is 0 Å². The molecule has 4 nitrogen and oxygen atoms in total. The lowest BCUT2D eigenvalue weighted by atomic mass is 10.0. The predicted molar refractivity (Wildman–Crippen MR) is 117 cm³/mol. The van der Waals surface area contributed by atoms with Gasteiger partial charge in [-0.05, 0) is 49.8 Å². The van der Waals surface area contributed by atoms with E-state index in [9.17, 15) is 4.79 Å². The third kappa shape index (κ3) is 3.58. The number of hydrogen-bond acceptors (Lipinski definition) is 4. The molecule has 2 aliphatic rings. The first-order chi connectivity index (χ1) is 13.4. The number of allylic oxidation sites excluding steroid dienone is 1. The SMILES string of the molecule is Cc1ccc(SC2=NN3CNC(=O)C(c4c(Cl)cccc4Cl)=C3C=C2)c(C)c1. The molecule has 0 atom stereocenters. The summed E-state index contributed by atoms with van der Waals surface area (Å²) < 4.78 is 0. The Balaban J connectivity index is 1.71. The second kappa shape index (κ2) is 7.66. The van der Waals surface area contributed by atoms with Gasteiger partial charge < -0.3 is 5.32 Å². The lowest BCUT2D eigenvalue weighted by molar-refractivity contribution is -0.116. The second-order valence-electron chi connectivity index (χ2n) is 6.56. The van der Waals surface area contributed by atoms with Crippen LogP contribution in [0.25, 0.3) is 5.57 Å². The average molecular weight is 430 g/mol. The zero-order valence-electron chi connectivity index (χ0n) is 15.3. The minimum Gasteiger partial charge on any atom is -0.333 e. The maximum atomic E-state index is 12.6. The van der Waals surface area contributed by atoms with Crippen molar-refractivity contribution in [2.75, 3.05) is 6.67 Å². The van der Waals surface area contributed by atoms with E-state index in [1.165, 1.54) is 11.1 Å². The molecule has 0 saturated heterocycles. The van der Waals surface area contributed by atoms with Gasteiger partial charge in [-0.1, -0.05) is 58.7 Å². The predicted octanol–water partition coefficient (Wildman–Crippen LogP) is 5.39. The number of rotatable bonds is 2. The first kappa shape index (κ1) is 19.1. The molecular formula is C21H17Cl2N3OS. The molecule has 0 aromatic heterocycles. The lowest BCUT2D eigenvalue weighted by Crippen LogP contribution is -2.42. The van der Waals surface area contributed by atoms with E-state index in [0.29, 0.717) is 33.5 Å². The van der Waals surface area contributed by atoms with Gasteiger partial charge in [-0.15, -0.1) is 0 Å². The van der Waals surface area contributed by atoms with Crippen LogP contribution in [-0.2, 0) is 4.79 Å². The molecule has 142 valence electrons. The monoisotopic (exact) mass is 429 g/mol. The number of hydrogen-bond donors (Lipinski definition) is 1. The Morgan fingerprint density at radius 3 is 2.57 bits per heavy atom. The van der Waals surface area contributed by atoms with E-state index in [4.69, 9.17) is 28.3 Å². The van der Waals surface area contributed by atoms with E-state index < -0.39 is 0 Å². The van der Waals surface area contributed by atoms with E-state index in [-0.39, 0.29) is 5.91 Å². The zero-order chi connectivity index (χ0) is 19.8. The van der Waals surface area contributed by atoms with Gasteiger partial charge >= 0.3 is 0 Å². The van der Waals surface area contributed by atoms with Crippen LogP contribution in [0, 0.1) is 13.8 Å². The molecule has 2 heterocycles. The van der Waals surface area contributed by atoms with Crippen molar-refractivity contribution < 1.29 is 4.79 Å². The molecule has 2 aromatic rings. The Bertz CT molecular complexity index is 1060. The van der Waals surface area contributed by atoms with Crippen LogP contribution in [0.15, 0.2) is 64.2 Å². The van der Waals surface area contributed by atoms with E-state index in [0.717, 1.165) is 9.94 Å². The number of carbonyl (C=O) groups is 1. The van der Waals surface area contributed by atoms with Crippen LogP contribution >= 0.6 is 35.0 Å². The summed E-state index contributed by atoms with van der Waals surface area (Å²) in [5.41, 5.74) is 4.07. The topological polar surface area (TPSA) is 44.7 Å². The maximum absolute atomic E-state index is 12.6. The second-order valence-corrected chi connectivity index (χ2v) is 8.44.